The average Bonchev–Trinajstić information content (AvgIpc) is 2.85. The van der Waals surface area contributed by atoms with E-state index in [1.165, 1.54) is 18.9 Å². The minimum absolute atomic E-state index is 0.207. The van der Waals surface area contributed by atoms with Crippen molar-refractivity contribution in [2.45, 2.75) is 38.5 Å². The van der Waals surface area contributed by atoms with Gasteiger partial charge in [-0.15, -0.1) is 0 Å². The Morgan fingerprint density at radius 1 is 1.32 bits per heavy atom. The Morgan fingerprint density at radius 3 is 2.86 bits per heavy atom. The maximum absolute atomic E-state index is 12.5. The van der Waals surface area contributed by atoms with Crippen LogP contribution in [0.5, 0.6) is 5.75 Å². The molecule has 3 unspecified atom stereocenters. The van der Waals surface area contributed by atoms with Gasteiger partial charge < -0.3 is 10.5 Å². The molecule has 1 aliphatic carbocycles. The highest BCUT2D eigenvalue weighted by Crippen LogP contribution is 2.37. The molecular weight excluding hydrogens is 310 g/mol. The van der Waals surface area contributed by atoms with Crippen molar-refractivity contribution in [3.63, 3.8) is 0 Å². The van der Waals surface area contributed by atoms with Gasteiger partial charge in [0.25, 0.3) is 0 Å². The fourth-order valence-corrected chi connectivity index (χ4v) is 4.06. The lowest BCUT2D eigenvalue weighted by Gasteiger charge is -2.29. The van der Waals surface area contributed by atoms with E-state index < -0.39 is 6.61 Å². The van der Waals surface area contributed by atoms with Gasteiger partial charge in [-0.2, -0.15) is 8.78 Å². The van der Waals surface area contributed by atoms with Crippen LogP contribution in [0.25, 0.3) is 0 Å². The fourth-order valence-electron chi connectivity index (χ4n) is 3.86. The van der Waals surface area contributed by atoms with Gasteiger partial charge in [0.2, 0.25) is 0 Å². The highest BCUT2D eigenvalue weighted by atomic mass is 35.5. The standard InChI is InChI=1S/C16H21ClF2N2O/c17-12-4-5-15(22-16(18)19)11(6-12)8-21-7-10-2-1-3-14(20)13(10)9-21/h4-6,10,13-14,16H,1-3,7-9,20H2. The molecule has 0 spiro atoms. The second-order valence-electron chi connectivity index (χ2n) is 6.34. The predicted molar refractivity (Wildman–Crippen MR) is 82.2 cm³/mol. The topological polar surface area (TPSA) is 38.5 Å². The average molecular weight is 331 g/mol. The van der Waals surface area contributed by atoms with E-state index >= 15 is 0 Å². The number of halogens is 3. The molecule has 0 radical (unpaired) electrons. The monoisotopic (exact) mass is 330 g/mol. The minimum atomic E-state index is -2.82. The zero-order valence-electron chi connectivity index (χ0n) is 12.4. The molecule has 1 saturated carbocycles. The summed E-state index contributed by atoms with van der Waals surface area (Å²) in [5, 5.41) is 0.532. The molecule has 0 bridgehead atoms. The van der Waals surface area contributed by atoms with Gasteiger partial charge in [-0.1, -0.05) is 18.0 Å². The molecule has 2 aliphatic rings. The van der Waals surface area contributed by atoms with E-state index in [0.29, 0.717) is 29.0 Å². The molecule has 2 fully saturated rings. The number of alkyl halides is 2. The van der Waals surface area contributed by atoms with Crippen LogP contribution in [0.2, 0.25) is 5.02 Å². The normalized spacial score (nSPS) is 28.9. The Hall–Kier alpha value is -0.910. The van der Waals surface area contributed by atoms with Gasteiger partial charge in [-0.05, 0) is 42.9 Å². The maximum Gasteiger partial charge on any atom is 0.387 e. The van der Waals surface area contributed by atoms with Crippen molar-refractivity contribution in [1.82, 2.24) is 4.90 Å². The second-order valence-corrected chi connectivity index (χ2v) is 6.78. The summed E-state index contributed by atoms with van der Waals surface area (Å²) < 4.78 is 29.7. The highest BCUT2D eigenvalue weighted by molar-refractivity contribution is 6.30. The summed E-state index contributed by atoms with van der Waals surface area (Å²) in [6.07, 6.45) is 3.49. The maximum atomic E-state index is 12.5. The van der Waals surface area contributed by atoms with Crippen molar-refractivity contribution < 1.29 is 13.5 Å². The van der Waals surface area contributed by atoms with Crippen molar-refractivity contribution in [1.29, 1.82) is 0 Å². The molecule has 3 rings (SSSR count). The van der Waals surface area contributed by atoms with Crippen LogP contribution in [0.1, 0.15) is 24.8 Å². The third-order valence-electron chi connectivity index (χ3n) is 4.86. The van der Waals surface area contributed by atoms with Gasteiger partial charge in [0, 0.05) is 36.3 Å². The van der Waals surface area contributed by atoms with Gasteiger partial charge in [0.05, 0.1) is 0 Å². The fraction of sp³-hybridized carbons (Fsp3) is 0.625. The number of nitrogens with two attached hydrogens (primary N) is 1. The first kappa shape index (κ1) is 16.0. The van der Waals surface area contributed by atoms with Crippen LogP contribution in [0.3, 0.4) is 0 Å². The first-order valence-corrected chi connectivity index (χ1v) is 8.12. The minimum Gasteiger partial charge on any atom is -0.434 e. The quantitative estimate of drug-likeness (QED) is 0.918. The Labute approximate surface area is 134 Å². The molecule has 2 N–H and O–H groups in total. The number of rotatable bonds is 4. The van der Waals surface area contributed by atoms with Gasteiger partial charge >= 0.3 is 6.61 Å². The SMILES string of the molecule is NC1CCCC2CN(Cc3cc(Cl)ccc3OC(F)F)CC12. The van der Waals surface area contributed by atoms with E-state index in [-0.39, 0.29) is 11.8 Å². The molecule has 1 heterocycles. The first-order valence-electron chi connectivity index (χ1n) is 7.74. The number of nitrogens with zero attached hydrogens (tertiary/aromatic N) is 1. The van der Waals surface area contributed by atoms with Crippen molar-refractivity contribution in [3.8, 4) is 5.75 Å². The van der Waals surface area contributed by atoms with Crippen LogP contribution in [-0.2, 0) is 6.54 Å². The van der Waals surface area contributed by atoms with Crippen LogP contribution < -0.4 is 10.5 Å². The van der Waals surface area contributed by atoms with E-state index in [1.807, 2.05) is 0 Å². The molecule has 1 aromatic carbocycles. The van der Waals surface area contributed by atoms with Crippen LogP contribution >= 0.6 is 11.6 Å². The second kappa shape index (κ2) is 6.69. The summed E-state index contributed by atoms with van der Waals surface area (Å²) in [6, 6.07) is 5.06. The highest BCUT2D eigenvalue weighted by Gasteiger charge is 2.38. The number of hydrogen-bond acceptors (Lipinski definition) is 3. The number of ether oxygens (including phenoxy) is 1. The zero-order chi connectivity index (χ0) is 15.7. The van der Waals surface area contributed by atoms with Gasteiger partial charge in [-0.25, -0.2) is 0 Å². The smallest absolute Gasteiger partial charge is 0.387 e. The van der Waals surface area contributed by atoms with E-state index in [9.17, 15) is 8.78 Å². The third kappa shape index (κ3) is 3.53. The Balaban J connectivity index is 1.72. The molecule has 6 heteroatoms. The Morgan fingerprint density at radius 2 is 2.14 bits per heavy atom. The lowest BCUT2D eigenvalue weighted by Crippen LogP contribution is -2.38. The molecule has 1 aromatic rings. The van der Waals surface area contributed by atoms with E-state index in [0.717, 1.165) is 19.5 Å². The lowest BCUT2D eigenvalue weighted by molar-refractivity contribution is -0.0507. The van der Waals surface area contributed by atoms with Crippen molar-refractivity contribution >= 4 is 11.6 Å². The summed E-state index contributed by atoms with van der Waals surface area (Å²) in [5.74, 6) is 1.35. The summed E-state index contributed by atoms with van der Waals surface area (Å²) in [4.78, 5) is 2.28. The van der Waals surface area contributed by atoms with Crippen LogP contribution in [0.4, 0.5) is 8.78 Å². The summed E-state index contributed by atoms with van der Waals surface area (Å²) in [6.45, 7) is -0.358. The summed E-state index contributed by atoms with van der Waals surface area (Å²) in [7, 11) is 0. The predicted octanol–water partition coefficient (Wildman–Crippen LogP) is 3.50. The molecule has 0 amide bonds. The van der Waals surface area contributed by atoms with Crippen LogP contribution in [0, 0.1) is 11.8 Å². The molecule has 1 aliphatic heterocycles. The van der Waals surface area contributed by atoms with Crippen LogP contribution in [0.15, 0.2) is 18.2 Å². The number of benzene rings is 1. The lowest BCUT2D eigenvalue weighted by atomic mass is 9.78. The van der Waals surface area contributed by atoms with Crippen molar-refractivity contribution in [2.24, 2.45) is 17.6 Å². The molecule has 1 saturated heterocycles. The van der Waals surface area contributed by atoms with Crippen molar-refractivity contribution in [2.75, 3.05) is 13.1 Å². The third-order valence-corrected chi connectivity index (χ3v) is 5.10. The first-order chi connectivity index (χ1) is 10.5. The number of fused-ring (bicyclic) bond motifs is 1. The molecule has 22 heavy (non-hydrogen) atoms. The number of likely N-dealkylation sites (tertiary alicyclic amines) is 1. The van der Waals surface area contributed by atoms with Crippen molar-refractivity contribution in [3.05, 3.63) is 28.8 Å². The molecule has 3 nitrogen and oxygen atoms in total. The Kier molecular flexibility index (Phi) is 4.85. The van der Waals surface area contributed by atoms with E-state index in [4.69, 9.17) is 17.3 Å². The van der Waals surface area contributed by atoms with Gasteiger partial charge in [0.15, 0.2) is 0 Å². The largest absolute Gasteiger partial charge is 0.434 e. The van der Waals surface area contributed by atoms with E-state index in [1.54, 1.807) is 12.1 Å². The number of hydrogen-bond donors (Lipinski definition) is 1. The Bertz CT molecular complexity index is 529. The molecule has 122 valence electrons. The molecule has 0 aromatic heterocycles. The van der Waals surface area contributed by atoms with Crippen LogP contribution in [-0.4, -0.2) is 30.6 Å². The summed E-state index contributed by atoms with van der Waals surface area (Å²) in [5.41, 5.74) is 6.93. The van der Waals surface area contributed by atoms with E-state index in [2.05, 4.69) is 9.64 Å². The van der Waals surface area contributed by atoms with Gasteiger partial charge in [-0.3, -0.25) is 4.90 Å². The summed E-state index contributed by atoms with van der Waals surface area (Å²) >= 11 is 6.00. The molecular formula is C16H21ClF2N2O. The molecule has 3 atom stereocenters. The van der Waals surface area contributed by atoms with Gasteiger partial charge in [0.1, 0.15) is 5.75 Å². The zero-order valence-corrected chi connectivity index (χ0v) is 13.1.